The predicted octanol–water partition coefficient (Wildman–Crippen LogP) is -2.01. The van der Waals surface area contributed by atoms with E-state index in [0.29, 0.717) is 0 Å². The van der Waals surface area contributed by atoms with Crippen LogP contribution in [0.1, 0.15) is 31.8 Å². The summed E-state index contributed by atoms with van der Waals surface area (Å²) < 4.78 is 31.5. The fourth-order valence-corrected chi connectivity index (χ4v) is 2.92. The van der Waals surface area contributed by atoms with Crippen LogP contribution in [0.3, 0.4) is 0 Å². The van der Waals surface area contributed by atoms with Crippen LogP contribution in [-0.2, 0) is 10.1 Å². The Balaban J connectivity index is 0. The lowest BCUT2D eigenvalue weighted by Gasteiger charge is -2.19. The molecule has 3 rings (SSSR count). The van der Waals surface area contributed by atoms with Crippen LogP contribution < -0.4 is 5.73 Å². The van der Waals surface area contributed by atoms with Crippen LogP contribution in [0.4, 0.5) is 5.69 Å². The minimum atomic E-state index is -4.52. The molecular formula is C14H17NO9S. The molecule has 0 aliphatic heterocycles. The lowest BCUT2D eigenvalue weighted by molar-refractivity contribution is 0.0979. The maximum atomic E-state index is 12.4. The highest BCUT2D eigenvalue weighted by atomic mass is 32.2. The van der Waals surface area contributed by atoms with Gasteiger partial charge in [-0.2, -0.15) is 8.42 Å². The van der Waals surface area contributed by atoms with Crippen LogP contribution in [0, 0.1) is 0 Å². The molecule has 11 heteroatoms. The van der Waals surface area contributed by atoms with Crippen molar-refractivity contribution in [3.05, 3.63) is 58.7 Å². The number of anilines is 1. The third-order valence-electron chi connectivity index (χ3n) is 3.33. The lowest BCUT2D eigenvalue weighted by atomic mass is 9.83. The van der Waals surface area contributed by atoms with E-state index in [1.165, 1.54) is 12.1 Å². The number of nitrogen functional groups attached to an aromatic ring is 1. The van der Waals surface area contributed by atoms with Crippen LogP contribution >= 0.6 is 0 Å². The zero-order valence-corrected chi connectivity index (χ0v) is 13.3. The summed E-state index contributed by atoms with van der Waals surface area (Å²) in [5.74, 6) is -0.947. The van der Waals surface area contributed by atoms with Crippen LogP contribution in [0.5, 0.6) is 0 Å². The number of hydrogen-bond donors (Lipinski definition) is 2. The van der Waals surface area contributed by atoms with Crippen molar-refractivity contribution in [1.29, 1.82) is 0 Å². The van der Waals surface area contributed by atoms with E-state index in [1.54, 1.807) is 12.1 Å². The smallest absolute Gasteiger partial charge is 0.294 e. The topological polar surface area (TPSA) is 241 Å². The van der Waals surface area contributed by atoms with Crippen molar-refractivity contribution in [3.63, 3.8) is 0 Å². The number of fused-ring (bicyclic) bond motifs is 2. The Morgan fingerprint density at radius 2 is 1.28 bits per heavy atom. The first-order chi connectivity index (χ1) is 9.80. The van der Waals surface area contributed by atoms with Gasteiger partial charge in [0.25, 0.3) is 10.1 Å². The van der Waals surface area contributed by atoms with Gasteiger partial charge in [0, 0.05) is 22.4 Å². The van der Waals surface area contributed by atoms with Crippen molar-refractivity contribution < 1.29 is 44.5 Å². The van der Waals surface area contributed by atoms with Gasteiger partial charge < -0.3 is 27.6 Å². The van der Waals surface area contributed by atoms with Gasteiger partial charge in [-0.15, -0.1) is 0 Å². The second kappa shape index (κ2) is 7.94. The molecule has 2 aromatic rings. The SMILES string of the molecule is Nc1cc(S(=O)(=O)O)cc2c1C(=O)c1ccccc1C2=O.O.O.O.O. The van der Waals surface area contributed by atoms with Crippen LogP contribution in [0.25, 0.3) is 0 Å². The summed E-state index contributed by atoms with van der Waals surface area (Å²) in [6.07, 6.45) is 0. The van der Waals surface area contributed by atoms with E-state index in [1.807, 2.05) is 0 Å². The molecule has 138 valence electrons. The Morgan fingerprint density at radius 1 is 0.800 bits per heavy atom. The number of benzene rings is 2. The van der Waals surface area contributed by atoms with Gasteiger partial charge >= 0.3 is 0 Å². The highest BCUT2D eigenvalue weighted by Crippen LogP contribution is 2.32. The molecule has 25 heavy (non-hydrogen) atoms. The molecular weight excluding hydrogens is 358 g/mol. The summed E-state index contributed by atoms with van der Waals surface area (Å²) in [6, 6.07) is 8.15. The summed E-state index contributed by atoms with van der Waals surface area (Å²) in [4.78, 5) is 24.3. The van der Waals surface area contributed by atoms with Gasteiger partial charge in [-0.1, -0.05) is 24.3 Å². The maximum absolute atomic E-state index is 12.4. The normalized spacial score (nSPS) is 11.6. The second-order valence-corrected chi connectivity index (χ2v) is 6.04. The fraction of sp³-hybridized carbons (Fsp3) is 0. The maximum Gasteiger partial charge on any atom is 0.294 e. The van der Waals surface area contributed by atoms with E-state index >= 15 is 0 Å². The standard InChI is InChI=1S/C14H9NO5S.4H2O/c15-11-6-7(21(18,19)20)5-10-12(11)14(17)9-4-2-1-3-8(9)13(10)16;;;;/h1-6H,15H2,(H,18,19,20);4*1H2. The molecule has 1 aliphatic carbocycles. The first-order valence-electron chi connectivity index (χ1n) is 5.90. The average Bonchev–Trinajstić information content (AvgIpc) is 2.43. The van der Waals surface area contributed by atoms with Crippen molar-refractivity contribution in [2.75, 3.05) is 5.73 Å². The molecule has 0 aromatic heterocycles. The summed E-state index contributed by atoms with van der Waals surface area (Å²) in [5, 5.41) is 0. The Hall–Kier alpha value is -2.67. The van der Waals surface area contributed by atoms with Crippen LogP contribution in [0.15, 0.2) is 41.3 Å². The largest absolute Gasteiger partial charge is 0.412 e. The average molecular weight is 375 g/mol. The van der Waals surface area contributed by atoms with Crippen molar-refractivity contribution in [3.8, 4) is 0 Å². The molecule has 0 amide bonds. The Labute approximate surface area is 141 Å². The summed E-state index contributed by atoms with van der Waals surface area (Å²) in [6.45, 7) is 0. The van der Waals surface area contributed by atoms with Crippen LogP contribution in [0.2, 0.25) is 0 Å². The molecule has 0 unspecified atom stereocenters. The molecule has 11 N–H and O–H groups in total. The monoisotopic (exact) mass is 375 g/mol. The number of rotatable bonds is 1. The molecule has 0 heterocycles. The van der Waals surface area contributed by atoms with Crippen LogP contribution in [-0.4, -0.2) is 46.4 Å². The molecule has 0 spiro atoms. The number of carbonyl (C=O) groups is 2. The van der Waals surface area contributed by atoms with Gasteiger partial charge in [-0.25, -0.2) is 0 Å². The highest BCUT2D eigenvalue weighted by Gasteiger charge is 2.32. The Morgan fingerprint density at radius 3 is 1.76 bits per heavy atom. The van der Waals surface area contributed by atoms with Crippen molar-refractivity contribution in [1.82, 2.24) is 0 Å². The minimum absolute atomic E-state index is 0. The first kappa shape index (κ1) is 24.6. The van der Waals surface area contributed by atoms with Crippen molar-refractivity contribution in [2.45, 2.75) is 4.90 Å². The van der Waals surface area contributed by atoms with Gasteiger partial charge in [0.05, 0.1) is 10.5 Å². The number of nitrogens with two attached hydrogens (primary N) is 1. The minimum Gasteiger partial charge on any atom is -0.412 e. The van der Waals surface area contributed by atoms with E-state index in [2.05, 4.69) is 0 Å². The fourth-order valence-electron chi connectivity index (χ4n) is 2.38. The molecule has 0 saturated heterocycles. The predicted molar refractivity (Wildman–Crippen MR) is 88.4 cm³/mol. The van der Waals surface area contributed by atoms with Gasteiger partial charge in [-0.05, 0) is 12.1 Å². The lowest BCUT2D eigenvalue weighted by Crippen LogP contribution is -2.23. The molecule has 0 saturated carbocycles. The van der Waals surface area contributed by atoms with E-state index in [9.17, 15) is 18.0 Å². The van der Waals surface area contributed by atoms with E-state index in [0.717, 1.165) is 12.1 Å². The molecule has 1 aliphatic rings. The summed E-state index contributed by atoms with van der Waals surface area (Å²) in [7, 11) is -4.52. The summed E-state index contributed by atoms with van der Waals surface area (Å²) in [5.41, 5.74) is 5.79. The summed E-state index contributed by atoms with van der Waals surface area (Å²) >= 11 is 0. The first-order valence-corrected chi connectivity index (χ1v) is 7.34. The van der Waals surface area contributed by atoms with E-state index in [4.69, 9.17) is 10.3 Å². The molecule has 2 aromatic carbocycles. The van der Waals surface area contributed by atoms with Crippen molar-refractivity contribution >= 4 is 27.4 Å². The van der Waals surface area contributed by atoms with E-state index < -0.39 is 26.6 Å². The molecule has 0 radical (unpaired) electrons. The third kappa shape index (κ3) is 3.71. The van der Waals surface area contributed by atoms with Gasteiger partial charge in [-0.3, -0.25) is 14.1 Å². The Bertz CT molecular complexity index is 922. The number of hydrogen-bond acceptors (Lipinski definition) is 5. The number of ketones is 2. The van der Waals surface area contributed by atoms with Crippen molar-refractivity contribution in [2.24, 2.45) is 0 Å². The van der Waals surface area contributed by atoms with E-state index in [-0.39, 0.29) is 49.8 Å². The second-order valence-electron chi connectivity index (χ2n) is 4.61. The van der Waals surface area contributed by atoms with Gasteiger partial charge in [0.15, 0.2) is 11.6 Å². The van der Waals surface area contributed by atoms with Gasteiger partial charge in [0.2, 0.25) is 0 Å². The van der Waals surface area contributed by atoms with Gasteiger partial charge in [0.1, 0.15) is 0 Å². The third-order valence-corrected chi connectivity index (χ3v) is 4.16. The molecule has 0 atom stereocenters. The quantitative estimate of drug-likeness (QED) is 0.359. The molecule has 0 bridgehead atoms. The highest BCUT2D eigenvalue weighted by molar-refractivity contribution is 7.85. The number of carbonyl (C=O) groups excluding carboxylic acids is 2. The zero-order chi connectivity index (χ0) is 15.4. The Kier molecular flexibility index (Phi) is 7.80. The molecule has 0 fully saturated rings. The zero-order valence-electron chi connectivity index (χ0n) is 12.5. The molecule has 10 nitrogen and oxygen atoms in total.